The van der Waals surface area contributed by atoms with E-state index in [1.807, 2.05) is 0 Å². The first-order valence-corrected chi connectivity index (χ1v) is 7.45. The van der Waals surface area contributed by atoms with Crippen molar-refractivity contribution in [3.8, 4) is 0 Å². The van der Waals surface area contributed by atoms with Crippen LogP contribution in [0.1, 0.15) is 34.6 Å². The molecule has 0 bridgehead atoms. The van der Waals surface area contributed by atoms with Crippen molar-refractivity contribution >= 4 is 11.3 Å². The van der Waals surface area contributed by atoms with Gasteiger partial charge in [0.1, 0.15) is 0 Å². The minimum atomic E-state index is 0.132. The number of thiophene rings is 1. The Morgan fingerprint density at radius 2 is 2.21 bits per heavy atom. The van der Waals surface area contributed by atoms with E-state index in [1.54, 1.807) is 11.3 Å². The van der Waals surface area contributed by atoms with Gasteiger partial charge in [0.05, 0.1) is 18.8 Å². The molecular formula is C15H18N2OS. The lowest BCUT2D eigenvalue weighted by atomic mass is 9.93. The summed E-state index contributed by atoms with van der Waals surface area (Å²) in [6.45, 7) is 0.795. The van der Waals surface area contributed by atoms with Crippen LogP contribution in [0.3, 0.4) is 0 Å². The van der Waals surface area contributed by atoms with Crippen molar-refractivity contribution in [2.24, 2.45) is 5.84 Å². The smallest absolute Gasteiger partial charge is 0.0846 e. The van der Waals surface area contributed by atoms with Gasteiger partial charge in [0, 0.05) is 4.88 Å². The quantitative estimate of drug-likeness (QED) is 0.665. The van der Waals surface area contributed by atoms with Gasteiger partial charge in [0.25, 0.3) is 0 Å². The molecule has 0 saturated heterocycles. The highest BCUT2D eigenvalue weighted by molar-refractivity contribution is 7.10. The molecule has 0 radical (unpaired) electrons. The minimum absolute atomic E-state index is 0.132. The van der Waals surface area contributed by atoms with E-state index in [0.29, 0.717) is 0 Å². The molecule has 0 aliphatic carbocycles. The molecule has 0 fully saturated rings. The number of hydrogen-bond acceptors (Lipinski definition) is 4. The van der Waals surface area contributed by atoms with E-state index in [1.165, 1.54) is 16.0 Å². The van der Waals surface area contributed by atoms with Crippen molar-refractivity contribution in [1.82, 2.24) is 5.43 Å². The fourth-order valence-electron chi connectivity index (χ4n) is 2.64. The molecule has 2 unspecified atom stereocenters. The third kappa shape index (κ3) is 2.72. The fourth-order valence-corrected chi connectivity index (χ4v) is 3.44. The molecule has 0 saturated carbocycles. The first kappa shape index (κ1) is 12.8. The highest BCUT2D eigenvalue weighted by Gasteiger charge is 2.24. The molecule has 3 rings (SSSR count). The van der Waals surface area contributed by atoms with Crippen LogP contribution >= 0.6 is 11.3 Å². The molecular weight excluding hydrogens is 256 g/mol. The Bertz CT molecular complexity index is 527. The first-order chi connectivity index (χ1) is 9.38. The number of nitrogens with two attached hydrogens (primary N) is 1. The topological polar surface area (TPSA) is 47.3 Å². The summed E-state index contributed by atoms with van der Waals surface area (Å²) in [7, 11) is 0. The molecule has 19 heavy (non-hydrogen) atoms. The van der Waals surface area contributed by atoms with E-state index >= 15 is 0 Å². The van der Waals surface area contributed by atoms with Crippen LogP contribution in [0, 0.1) is 0 Å². The zero-order chi connectivity index (χ0) is 13.1. The van der Waals surface area contributed by atoms with Gasteiger partial charge in [-0.2, -0.15) is 0 Å². The second-order valence-corrected chi connectivity index (χ2v) is 5.76. The molecule has 1 aromatic carbocycles. The summed E-state index contributed by atoms with van der Waals surface area (Å²) in [5.41, 5.74) is 5.63. The molecule has 3 N–H and O–H groups in total. The molecule has 0 spiro atoms. The summed E-state index contributed by atoms with van der Waals surface area (Å²) >= 11 is 1.73. The van der Waals surface area contributed by atoms with Crippen LogP contribution in [-0.2, 0) is 11.2 Å². The Kier molecular flexibility index (Phi) is 3.94. The number of rotatable bonds is 4. The van der Waals surface area contributed by atoms with Gasteiger partial charge < -0.3 is 4.74 Å². The summed E-state index contributed by atoms with van der Waals surface area (Å²) < 4.78 is 5.94. The SMILES string of the molecule is NNC(CC1OCCc2ccccc21)c1cccs1. The summed E-state index contributed by atoms with van der Waals surface area (Å²) in [6.07, 6.45) is 2.01. The van der Waals surface area contributed by atoms with Gasteiger partial charge in [0.15, 0.2) is 0 Å². The Hall–Kier alpha value is -1.20. The molecule has 1 aliphatic heterocycles. The van der Waals surface area contributed by atoms with Crippen LogP contribution in [0.15, 0.2) is 41.8 Å². The largest absolute Gasteiger partial charge is 0.373 e. The number of benzene rings is 1. The third-order valence-electron chi connectivity index (χ3n) is 3.63. The van der Waals surface area contributed by atoms with Gasteiger partial charge in [-0.3, -0.25) is 11.3 Å². The lowest BCUT2D eigenvalue weighted by molar-refractivity contribution is 0.0295. The van der Waals surface area contributed by atoms with Crippen LogP contribution in [-0.4, -0.2) is 6.61 Å². The zero-order valence-corrected chi connectivity index (χ0v) is 11.5. The Labute approximate surface area is 117 Å². The van der Waals surface area contributed by atoms with Gasteiger partial charge in [0.2, 0.25) is 0 Å². The Balaban J connectivity index is 1.80. The number of nitrogens with one attached hydrogen (secondary N) is 1. The van der Waals surface area contributed by atoms with E-state index in [9.17, 15) is 0 Å². The number of fused-ring (bicyclic) bond motifs is 1. The third-order valence-corrected chi connectivity index (χ3v) is 4.62. The van der Waals surface area contributed by atoms with Crippen molar-refractivity contribution < 1.29 is 4.74 Å². The lowest BCUT2D eigenvalue weighted by Gasteiger charge is -2.28. The second kappa shape index (κ2) is 5.84. The Morgan fingerprint density at radius 1 is 1.32 bits per heavy atom. The van der Waals surface area contributed by atoms with Crippen molar-refractivity contribution in [1.29, 1.82) is 0 Å². The van der Waals surface area contributed by atoms with Crippen molar-refractivity contribution in [3.05, 3.63) is 57.8 Å². The van der Waals surface area contributed by atoms with Gasteiger partial charge in [-0.05, 0) is 35.4 Å². The van der Waals surface area contributed by atoms with E-state index in [-0.39, 0.29) is 12.1 Å². The second-order valence-electron chi connectivity index (χ2n) is 4.78. The number of hydrogen-bond donors (Lipinski definition) is 2. The van der Waals surface area contributed by atoms with E-state index in [0.717, 1.165) is 19.4 Å². The molecule has 2 aromatic rings. The van der Waals surface area contributed by atoms with Crippen LogP contribution < -0.4 is 11.3 Å². The number of hydrazine groups is 1. The van der Waals surface area contributed by atoms with Crippen LogP contribution in [0.2, 0.25) is 0 Å². The summed E-state index contributed by atoms with van der Waals surface area (Å²) in [6, 6.07) is 12.9. The summed E-state index contributed by atoms with van der Waals surface area (Å²) in [4.78, 5) is 1.26. The zero-order valence-electron chi connectivity index (χ0n) is 10.7. The molecule has 2 atom stereocenters. The minimum Gasteiger partial charge on any atom is -0.373 e. The number of ether oxygens (including phenoxy) is 1. The fraction of sp³-hybridized carbons (Fsp3) is 0.333. The molecule has 1 aliphatic rings. The average Bonchev–Trinajstić information content (AvgIpc) is 2.99. The maximum atomic E-state index is 5.94. The van der Waals surface area contributed by atoms with E-state index in [2.05, 4.69) is 47.2 Å². The van der Waals surface area contributed by atoms with E-state index in [4.69, 9.17) is 10.6 Å². The maximum absolute atomic E-state index is 5.94. The standard InChI is InChI=1S/C15H18N2OS/c16-17-13(15-6-3-9-19-15)10-14-12-5-2-1-4-11(12)7-8-18-14/h1-6,9,13-14,17H,7-8,10,16H2. The highest BCUT2D eigenvalue weighted by atomic mass is 32.1. The van der Waals surface area contributed by atoms with Gasteiger partial charge >= 0.3 is 0 Å². The first-order valence-electron chi connectivity index (χ1n) is 6.57. The highest BCUT2D eigenvalue weighted by Crippen LogP contribution is 2.35. The predicted molar refractivity (Wildman–Crippen MR) is 77.8 cm³/mol. The molecule has 0 amide bonds. The van der Waals surface area contributed by atoms with Gasteiger partial charge in [-0.25, -0.2) is 0 Å². The van der Waals surface area contributed by atoms with Crippen LogP contribution in [0.4, 0.5) is 0 Å². The maximum Gasteiger partial charge on any atom is 0.0846 e. The Morgan fingerprint density at radius 3 is 3.00 bits per heavy atom. The molecule has 3 nitrogen and oxygen atoms in total. The van der Waals surface area contributed by atoms with Gasteiger partial charge in [-0.1, -0.05) is 30.3 Å². The van der Waals surface area contributed by atoms with Crippen LogP contribution in [0.25, 0.3) is 0 Å². The molecule has 100 valence electrons. The van der Waals surface area contributed by atoms with Crippen LogP contribution in [0.5, 0.6) is 0 Å². The molecule has 4 heteroatoms. The van der Waals surface area contributed by atoms with Gasteiger partial charge in [-0.15, -0.1) is 11.3 Å². The lowest BCUT2D eigenvalue weighted by Crippen LogP contribution is -2.30. The van der Waals surface area contributed by atoms with Crippen molar-refractivity contribution in [2.75, 3.05) is 6.61 Å². The predicted octanol–water partition coefficient (Wildman–Crippen LogP) is 2.96. The van der Waals surface area contributed by atoms with E-state index < -0.39 is 0 Å². The average molecular weight is 274 g/mol. The monoisotopic (exact) mass is 274 g/mol. The molecule has 1 aromatic heterocycles. The summed E-state index contributed by atoms with van der Waals surface area (Å²) in [5.74, 6) is 5.70. The normalized spacial score (nSPS) is 19.9. The molecule has 2 heterocycles. The van der Waals surface area contributed by atoms with Crippen molar-refractivity contribution in [3.63, 3.8) is 0 Å². The summed E-state index contributed by atoms with van der Waals surface area (Å²) in [5, 5.41) is 2.08. The van der Waals surface area contributed by atoms with Crippen molar-refractivity contribution in [2.45, 2.75) is 25.0 Å².